The molecule has 3 rings (SSSR count). The molecule has 0 spiro atoms. The monoisotopic (exact) mass is 319 g/mol. The number of rotatable bonds is 4. The van der Waals surface area contributed by atoms with Crippen LogP contribution in [0.3, 0.4) is 0 Å². The third-order valence-electron chi connectivity index (χ3n) is 4.38. The number of hydrogen-bond acceptors (Lipinski definition) is 3. The zero-order valence-electron chi connectivity index (χ0n) is 12.9. The van der Waals surface area contributed by atoms with Crippen molar-refractivity contribution in [1.82, 2.24) is 9.71 Å². The van der Waals surface area contributed by atoms with Crippen LogP contribution in [0.5, 0.6) is 0 Å². The fourth-order valence-corrected chi connectivity index (χ4v) is 3.89. The first-order valence-corrected chi connectivity index (χ1v) is 8.93. The van der Waals surface area contributed by atoms with Crippen LogP contribution in [0, 0.1) is 13.8 Å². The summed E-state index contributed by atoms with van der Waals surface area (Å²) in [6, 6.07) is 6.15. The Labute approximate surface area is 131 Å². The van der Waals surface area contributed by atoms with Crippen LogP contribution in [0.15, 0.2) is 30.2 Å². The lowest BCUT2D eigenvalue weighted by atomic mass is 10.1. The van der Waals surface area contributed by atoms with Gasteiger partial charge in [-0.2, -0.15) is 0 Å². The molecule has 1 aromatic carbocycles. The van der Waals surface area contributed by atoms with E-state index in [0.29, 0.717) is 6.54 Å². The van der Waals surface area contributed by atoms with Gasteiger partial charge in [0.25, 0.3) is 0 Å². The number of aryl methyl sites for hydroxylation is 2. The van der Waals surface area contributed by atoms with Crippen molar-refractivity contribution in [3.63, 3.8) is 0 Å². The van der Waals surface area contributed by atoms with Gasteiger partial charge in [-0.1, -0.05) is 12.6 Å². The van der Waals surface area contributed by atoms with Crippen molar-refractivity contribution in [2.45, 2.75) is 26.3 Å². The second-order valence-corrected chi connectivity index (χ2v) is 7.49. The number of hydrogen-bond donors (Lipinski definition) is 2. The van der Waals surface area contributed by atoms with Crippen LogP contribution in [-0.4, -0.2) is 32.5 Å². The van der Waals surface area contributed by atoms with E-state index in [4.69, 9.17) is 0 Å². The van der Waals surface area contributed by atoms with Gasteiger partial charge in [-0.3, -0.25) is 0 Å². The van der Waals surface area contributed by atoms with Crippen molar-refractivity contribution in [3.05, 3.63) is 41.4 Å². The normalized spacial score (nSPS) is 19.0. The highest BCUT2D eigenvalue weighted by Gasteiger charge is 2.27. The molecule has 1 fully saturated rings. The molecular weight excluding hydrogens is 298 g/mol. The molecule has 0 saturated carbocycles. The molecule has 1 atom stereocenters. The fraction of sp³-hybridized carbons (Fsp3) is 0.375. The van der Waals surface area contributed by atoms with Crippen molar-refractivity contribution in [1.29, 1.82) is 0 Å². The summed E-state index contributed by atoms with van der Waals surface area (Å²) in [5, 5.41) is 2.20. The lowest BCUT2D eigenvalue weighted by Gasteiger charge is -2.20. The molecule has 2 heterocycles. The zero-order valence-corrected chi connectivity index (χ0v) is 13.7. The van der Waals surface area contributed by atoms with Crippen LogP contribution in [0.4, 0.5) is 5.69 Å². The standard InChI is InChI=1S/C16H21N3O2S/c1-4-22(20,21)18-13-8-9-19(10-13)15-7-5-6-14-16(15)11(2)12(3)17-14/h4-7,13,17-18H,1,8-10H2,2-3H3. The number of nitrogens with one attached hydrogen (secondary N) is 2. The summed E-state index contributed by atoms with van der Waals surface area (Å²) in [5.74, 6) is 0. The largest absolute Gasteiger partial charge is 0.369 e. The van der Waals surface area contributed by atoms with Crippen molar-refractivity contribution >= 4 is 26.6 Å². The summed E-state index contributed by atoms with van der Waals surface area (Å²) >= 11 is 0. The lowest BCUT2D eigenvalue weighted by Crippen LogP contribution is -2.35. The molecule has 6 heteroatoms. The van der Waals surface area contributed by atoms with Gasteiger partial charge in [0.15, 0.2) is 0 Å². The number of H-pyrrole nitrogens is 1. The lowest BCUT2D eigenvalue weighted by molar-refractivity contribution is 0.570. The molecule has 2 aromatic rings. The van der Waals surface area contributed by atoms with E-state index in [2.05, 4.69) is 47.2 Å². The molecule has 0 aliphatic carbocycles. The predicted molar refractivity (Wildman–Crippen MR) is 90.6 cm³/mol. The van der Waals surface area contributed by atoms with Gasteiger partial charge in [-0.25, -0.2) is 13.1 Å². The quantitative estimate of drug-likeness (QED) is 0.909. The average Bonchev–Trinajstić information content (AvgIpc) is 3.04. The van der Waals surface area contributed by atoms with Crippen LogP contribution >= 0.6 is 0 Å². The van der Waals surface area contributed by atoms with Gasteiger partial charge in [-0.15, -0.1) is 0 Å². The summed E-state index contributed by atoms with van der Waals surface area (Å²) < 4.78 is 25.9. The molecule has 1 saturated heterocycles. The minimum atomic E-state index is -3.37. The molecule has 0 radical (unpaired) electrons. The van der Waals surface area contributed by atoms with Crippen molar-refractivity contribution in [3.8, 4) is 0 Å². The molecule has 118 valence electrons. The second kappa shape index (κ2) is 5.44. The van der Waals surface area contributed by atoms with Gasteiger partial charge in [0.05, 0.1) is 0 Å². The Morgan fingerprint density at radius 3 is 2.91 bits per heavy atom. The second-order valence-electron chi connectivity index (χ2n) is 5.84. The first-order chi connectivity index (χ1) is 10.4. The molecule has 1 unspecified atom stereocenters. The predicted octanol–water partition coefficient (Wildman–Crippen LogP) is 2.43. The van der Waals surface area contributed by atoms with E-state index in [-0.39, 0.29) is 6.04 Å². The highest BCUT2D eigenvalue weighted by atomic mass is 32.2. The van der Waals surface area contributed by atoms with E-state index in [1.807, 2.05) is 6.07 Å². The Morgan fingerprint density at radius 1 is 1.41 bits per heavy atom. The molecule has 5 nitrogen and oxygen atoms in total. The maximum absolute atomic E-state index is 11.6. The van der Waals surface area contributed by atoms with Crippen LogP contribution in [0.2, 0.25) is 0 Å². The van der Waals surface area contributed by atoms with Gasteiger partial charge >= 0.3 is 0 Å². The summed E-state index contributed by atoms with van der Waals surface area (Å²) in [7, 11) is -3.37. The summed E-state index contributed by atoms with van der Waals surface area (Å²) in [4.78, 5) is 5.65. The Balaban J connectivity index is 1.89. The maximum atomic E-state index is 11.6. The van der Waals surface area contributed by atoms with Crippen LogP contribution in [0.1, 0.15) is 17.7 Å². The smallest absolute Gasteiger partial charge is 0.233 e. The molecule has 2 N–H and O–H groups in total. The number of anilines is 1. The molecule has 0 amide bonds. The topological polar surface area (TPSA) is 65.2 Å². The Hall–Kier alpha value is -1.79. The van der Waals surface area contributed by atoms with Crippen LogP contribution < -0.4 is 9.62 Å². The minimum absolute atomic E-state index is 0.0707. The Morgan fingerprint density at radius 2 is 2.18 bits per heavy atom. The molecule has 22 heavy (non-hydrogen) atoms. The van der Waals surface area contributed by atoms with E-state index >= 15 is 0 Å². The van der Waals surface area contributed by atoms with Crippen LogP contribution in [-0.2, 0) is 10.0 Å². The van der Waals surface area contributed by atoms with E-state index in [0.717, 1.165) is 23.9 Å². The van der Waals surface area contributed by atoms with E-state index in [1.165, 1.54) is 22.3 Å². The van der Waals surface area contributed by atoms with Gasteiger partial charge in [0.2, 0.25) is 10.0 Å². The first kappa shape index (κ1) is 15.1. The van der Waals surface area contributed by atoms with Crippen LogP contribution in [0.25, 0.3) is 10.9 Å². The number of benzene rings is 1. The number of sulfonamides is 1. The van der Waals surface area contributed by atoms with Crippen molar-refractivity contribution in [2.24, 2.45) is 0 Å². The first-order valence-electron chi connectivity index (χ1n) is 7.39. The molecule has 1 aliphatic rings. The zero-order chi connectivity index (χ0) is 15.9. The van der Waals surface area contributed by atoms with Gasteiger partial charge in [-0.05, 0) is 38.0 Å². The Kier molecular flexibility index (Phi) is 3.74. The third-order valence-corrected chi connectivity index (χ3v) is 5.48. The van der Waals surface area contributed by atoms with E-state index in [9.17, 15) is 8.42 Å². The molecular formula is C16H21N3O2S. The Bertz CT molecular complexity index is 823. The van der Waals surface area contributed by atoms with Crippen molar-refractivity contribution in [2.75, 3.05) is 18.0 Å². The SMILES string of the molecule is C=CS(=O)(=O)NC1CCN(c2cccc3[nH]c(C)c(C)c23)C1. The highest BCUT2D eigenvalue weighted by Crippen LogP contribution is 2.33. The summed E-state index contributed by atoms with van der Waals surface area (Å²) in [6.07, 6.45) is 0.798. The summed E-state index contributed by atoms with van der Waals surface area (Å²) in [5.41, 5.74) is 4.72. The van der Waals surface area contributed by atoms with E-state index < -0.39 is 10.0 Å². The summed E-state index contributed by atoms with van der Waals surface area (Å²) in [6.45, 7) is 9.05. The fourth-order valence-electron chi connectivity index (χ4n) is 3.14. The molecule has 1 aliphatic heterocycles. The average molecular weight is 319 g/mol. The molecule has 1 aromatic heterocycles. The number of fused-ring (bicyclic) bond motifs is 1. The van der Waals surface area contributed by atoms with Gasteiger partial charge < -0.3 is 9.88 Å². The van der Waals surface area contributed by atoms with Gasteiger partial charge in [0.1, 0.15) is 0 Å². The van der Waals surface area contributed by atoms with E-state index in [1.54, 1.807) is 0 Å². The number of nitrogens with zero attached hydrogens (tertiary/aromatic N) is 1. The highest BCUT2D eigenvalue weighted by molar-refractivity contribution is 7.92. The third kappa shape index (κ3) is 2.64. The number of aromatic amines is 1. The van der Waals surface area contributed by atoms with Crippen molar-refractivity contribution < 1.29 is 8.42 Å². The maximum Gasteiger partial charge on any atom is 0.233 e. The minimum Gasteiger partial charge on any atom is -0.369 e. The molecule has 0 bridgehead atoms. The van der Waals surface area contributed by atoms with Gasteiger partial charge in [0, 0.05) is 46.8 Å². The number of aromatic nitrogens is 1.